The summed E-state index contributed by atoms with van der Waals surface area (Å²) in [6.07, 6.45) is -1.82. The quantitative estimate of drug-likeness (QED) is 0.577. The fourth-order valence-corrected chi connectivity index (χ4v) is 3.27. The average Bonchev–Trinajstić information content (AvgIpc) is 2.61. The second kappa shape index (κ2) is 9.85. The molecular formula is C23H32O6. The van der Waals surface area contributed by atoms with Gasteiger partial charge < -0.3 is 29.2 Å². The molecule has 0 saturated carbocycles. The van der Waals surface area contributed by atoms with Crippen molar-refractivity contribution in [2.75, 3.05) is 13.2 Å². The van der Waals surface area contributed by atoms with E-state index in [1.165, 1.54) is 0 Å². The van der Waals surface area contributed by atoms with E-state index in [-0.39, 0.29) is 0 Å². The van der Waals surface area contributed by atoms with Crippen LogP contribution in [0.1, 0.15) is 52.7 Å². The van der Waals surface area contributed by atoms with Crippen LogP contribution >= 0.6 is 0 Å². The molecule has 0 aliphatic heterocycles. The lowest BCUT2D eigenvalue weighted by Crippen LogP contribution is -2.22. The number of hydrogen-bond acceptors (Lipinski definition) is 6. The Balaban J connectivity index is 2.52. The summed E-state index contributed by atoms with van der Waals surface area (Å²) in [5, 5.41) is 19.0. The van der Waals surface area contributed by atoms with Crippen molar-refractivity contribution in [1.29, 1.82) is 0 Å². The number of hydrogen-bond donors (Lipinski definition) is 2. The smallest absolute Gasteiger partial charge is 0.194 e. The van der Waals surface area contributed by atoms with E-state index in [2.05, 4.69) is 13.8 Å². The molecule has 0 aliphatic carbocycles. The summed E-state index contributed by atoms with van der Waals surface area (Å²) in [5.74, 6) is 2.44. The molecule has 2 rings (SSSR count). The van der Waals surface area contributed by atoms with Gasteiger partial charge in [0.05, 0.1) is 13.2 Å². The van der Waals surface area contributed by atoms with Gasteiger partial charge >= 0.3 is 0 Å². The van der Waals surface area contributed by atoms with Gasteiger partial charge in [0, 0.05) is 28.7 Å². The average molecular weight is 405 g/mol. The van der Waals surface area contributed by atoms with Gasteiger partial charge in [-0.3, -0.25) is 0 Å². The molecule has 6 heteroatoms. The lowest BCUT2D eigenvalue weighted by molar-refractivity contribution is -0.00103. The second-order valence-corrected chi connectivity index (χ2v) is 7.24. The molecule has 2 aromatic rings. The molecule has 0 fully saturated rings. The van der Waals surface area contributed by atoms with Crippen LogP contribution in [0.15, 0.2) is 36.4 Å². The number of rotatable bonds is 10. The molecule has 2 atom stereocenters. The van der Waals surface area contributed by atoms with Crippen molar-refractivity contribution in [2.45, 2.75) is 59.5 Å². The molecule has 6 nitrogen and oxygen atoms in total. The summed E-state index contributed by atoms with van der Waals surface area (Å²) in [4.78, 5) is 0. The number of aliphatic hydroxyl groups excluding tert-OH is 2. The maximum absolute atomic E-state index is 9.51. The van der Waals surface area contributed by atoms with Crippen molar-refractivity contribution < 1.29 is 29.2 Å². The summed E-state index contributed by atoms with van der Waals surface area (Å²) in [6.45, 7) is 12.1. The predicted octanol–water partition coefficient (Wildman–Crippen LogP) is 4.24. The van der Waals surface area contributed by atoms with Crippen LogP contribution in [-0.4, -0.2) is 36.0 Å². The van der Waals surface area contributed by atoms with Crippen LogP contribution < -0.4 is 18.9 Å². The van der Waals surface area contributed by atoms with Gasteiger partial charge in [-0.15, -0.1) is 0 Å². The normalized spacial score (nSPS) is 13.5. The van der Waals surface area contributed by atoms with E-state index < -0.39 is 18.0 Å². The Hall–Kier alpha value is -2.44. The highest BCUT2D eigenvalue weighted by Crippen LogP contribution is 2.43. The molecule has 0 spiro atoms. The van der Waals surface area contributed by atoms with Crippen LogP contribution in [0.25, 0.3) is 0 Å². The van der Waals surface area contributed by atoms with Gasteiger partial charge in [0.25, 0.3) is 0 Å². The fraction of sp³-hybridized carbons (Fsp3) is 0.478. The molecule has 2 unspecified atom stereocenters. The SMILES string of the molecule is CCOc1cc(OC(C)O)ccc1C(C)(C)c1ccc(OC(C)O)cc1OCC. The van der Waals surface area contributed by atoms with Crippen LogP contribution in [0.4, 0.5) is 0 Å². The predicted molar refractivity (Wildman–Crippen MR) is 112 cm³/mol. The zero-order chi connectivity index (χ0) is 21.6. The molecule has 2 N–H and O–H groups in total. The molecule has 0 saturated heterocycles. The molecule has 2 aromatic carbocycles. The third kappa shape index (κ3) is 5.78. The standard InChI is InChI=1S/C23H32O6/c1-7-26-21-13-17(28-15(3)24)9-11-19(21)23(5,6)20-12-10-18(29-16(4)25)14-22(20)27-8-2/h9-16,24-25H,7-8H2,1-6H3. The molecule has 0 aromatic heterocycles. The number of ether oxygens (including phenoxy) is 4. The van der Waals surface area contributed by atoms with Crippen molar-refractivity contribution >= 4 is 0 Å². The van der Waals surface area contributed by atoms with Crippen LogP contribution in [0.3, 0.4) is 0 Å². The Morgan fingerprint density at radius 3 is 1.45 bits per heavy atom. The molecule has 0 radical (unpaired) electrons. The van der Waals surface area contributed by atoms with Gasteiger partial charge in [0.15, 0.2) is 12.6 Å². The summed E-state index contributed by atoms with van der Waals surface area (Å²) in [7, 11) is 0. The van der Waals surface area contributed by atoms with Crippen LogP contribution in [0.5, 0.6) is 23.0 Å². The Morgan fingerprint density at radius 2 is 1.14 bits per heavy atom. The van der Waals surface area contributed by atoms with Gasteiger partial charge in [0.1, 0.15) is 23.0 Å². The first kappa shape index (κ1) is 22.8. The van der Waals surface area contributed by atoms with E-state index in [1.54, 1.807) is 26.0 Å². The third-order valence-corrected chi connectivity index (χ3v) is 4.47. The Kier molecular flexibility index (Phi) is 7.76. The van der Waals surface area contributed by atoms with Gasteiger partial charge in [0.2, 0.25) is 0 Å². The molecule has 0 heterocycles. The van der Waals surface area contributed by atoms with Crippen molar-refractivity contribution in [2.24, 2.45) is 0 Å². The van der Waals surface area contributed by atoms with Gasteiger partial charge in [-0.05, 0) is 39.8 Å². The van der Waals surface area contributed by atoms with Crippen molar-refractivity contribution in [3.05, 3.63) is 47.5 Å². The first-order valence-electron chi connectivity index (χ1n) is 9.93. The van der Waals surface area contributed by atoms with E-state index in [9.17, 15) is 10.2 Å². The largest absolute Gasteiger partial charge is 0.493 e. The lowest BCUT2D eigenvalue weighted by Gasteiger charge is -2.30. The highest BCUT2D eigenvalue weighted by atomic mass is 16.6. The van der Waals surface area contributed by atoms with Crippen LogP contribution in [-0.2, 0) is 5.41 Å². The topological polar surface area (TPSA) is 77.4 Å². The summed E-state index contributed by atoms with van der Waals surface area (Å²) in [6, 6.07) is 11.1. The molecule has 0 amide bonds. The van der Waals surface area contributed by atoms with E-state index in [0.29, 0.717) is 36.2 Å². The van der Waals surface area contributed by atoms with Gasteiger partial charge in [-0.25, -0.2) is 0 Å². The summed E-state index contributed by atoms with van der Waals surface area (Å²) < 4.78 is 22.6. The lowest BCUT2D eigenvalue weighted by atomic mass is 9.77. The minimum absolute atomic E-state index is 0.457. The van der Waals surface area contributed by atoms with E-state index in [4.69, 9.17) is 18.9 Å². The molecule has 0 bridgehead atoms. The van der Waals surface area contributed by atoms with E-state index in [1.807, 2.05) is 38.1 Å². The minimum atomic E-state index is -0.908. The first-order chi connectivity index (χ1) is 13.7. The molecule has 0 aliphatic rings. The second-order valence-electron chi connectivity index (χ2n) is 7.24. The first-order valence-corrected chi connectivity index (χ1v) is 9.93. The monoisotopic (exact) mass is 404 g/mol. The van der Waals surface area contributed by atoms with Crippen molar-refractivity contribution in [3.63, 3.8) is 0 Å². The van der Waals surface area contributed by atoms with Gasteiger partial charge in [-0.2, -0.15) is 0 Å². The highest BCUT2D eigenvalue weighted by molar-refractivity contribution is 5.54. The molecule has 29 heavy (non-hydrogen) atoms. The maximum atomic E-state index is 9.51. The Bertz CT molecular complexity index is 732. The zero-order valence-electron chi connectivity index (χ0n) is 18.1. The van der Waals surface area contributed by atoms with E-state index in [0.717, 1.165) is 11.1 Å². The van der Waals surface area contributed by atoms with Crippen molar-refractivity contribution in [3.8, 4) is 23.0 Å². The van der Waals surface area contributed by atoms with Crippen LogP contribution in [0.2, 0.25) is 0 Å². The maximum Gasteiger partial charge on any atom is 0.194 e. The van der Waals surface area contributed by atoms with E-state index >= 15 is 0 Å². The third-order valence-electron chi connectivity index (χ3n) is 4.47. The highest BCUT2D eigenvalue weighted by Gasteiger charge is 2.30. The van der Waals surface area contributed by atoms with Gasteiger partial charge in [-0.1, -0.05) is 26.0 Å². The van der Waals surface area contributed by atoms with Crippen LogP contribution in [0, 0.1) is 0 Å². The molecular weight excluding hydrogens is 372 g/mol. The fourth-order valence-electron chi connectivity index (χ4n) is 3.27. The molecule has 160 valence electrons. The van der Waals surface area contributed by atoms with Crippen molar-refractivity contribution in [1.82, 2.24) is 0 Å². The minimum Gasteiger partial charge on any atom is -0.493 e. The zero-order valence-corrected chi connectivity index (χ0v) is 18.1. The summed E-state index contributed by atoms with van der Waals surface area (Å²) >= 11 is 0. The summed E-state index contributed by atoms with van der Waals surface area (Å²) in [5.41, 5.74) is 1.46. The number of aliphatic hydroxyl groups is 2. The Morgan fingerprint density at radius 1 is 0.759 bits per heavy atom. The number of benzene rings is 2. The Labute approximate surface area is 173 Å².